The number of alkyl halides is 1. The minimum Gasteiger partial charge on any atom is -0.239 e. The van der Waals surface area contributed by atoms with Crippen LogP contribution in [0.4, 0.5) is 4.39 Å². The van der Waals surface area contributed by atoms with Gasteiger partial charge >= 0.3 is 0 Å². The molecule has 0 nitrogen and oxygen atoms in total. The Bertz CT molecular complexity index is 287. The molecule has 0 N–H and O–H groups in total. The van der Waals surface area contributed by atoms with E-state index in [-0.39, 0.29) is 0 Å². The van der Waals surface area contributed by atoms with Crippen LogP contribution in [0.5, 0.6) is 0 Å². The van der Waals surface area contributed by atoms with Crippen LogP contribution >= 0.6 is 0 Å². The highest BCUT2D eigenvalue weighted by molar-refractivity contribution is 5.38. The summed E-state index contributed by atoms with van der Waals surface area (Å²) >= 11 is 0. The van der Waals surface area contributed by atoms with Crippen LogP contribution in [0.25, 0.3) is 0 Å². The van der Waals surface area contributed by atoms with E-state index < -0.39 is 5.67 Å². The Kier molecular flexibility index (Phi) is 6.15. The molecule has 1 unspecified atom stereocenters. The Morgan fingerprint density at radius 2 is 1.53 bits per heavy atom. The molecule has 0 aliphatic heterocycles. The standard InChI is InChI=1S/C16H29F/c1-9-15(16(7,8)17)14(12(4)5)10-13(6)11(2)3/h9-13H,1-8H3/b14-10-,15-9+. The Morgan fingerprint density at radius 3 is 1.76 bits per heavy atom. The first-order chi connectivity index (χ1) is 7.61. The first-order valence-corrected chi connectivity index (χ1v) is 6.69. The molecule has 0 saturated carbocycles. The molecule has 0 rings (SSSR count). The average molecular weight is 240 g/mol. The molecule has 0 spiro atoms. The summed E-state index contributed by atoms with van der Waals surface area (Å²) in [5.41, 5.74) is 0.725. The molecule has 0 fully saturated rings. The van der Waals surface area contributed by atoms with E-state index in [2.05, 4.69) is 40.7 Å². The molecular weight excluding hydrogens is 211 g/mol. The van der Waals surface area contributed by atoms with Crippen LogP contribution in [0.1, 0.15) is 55.4 Å². The summed E-state index contributed by atoms with van der Waals surface area (Å²) in [6, 6.07) is 0. The van der Waals surface area contributed by atoms with Crippen LogP contribution in [0.2, 0.25) is 0 Å². The number of rotatable bonds is 5. The van der Waals surface area contributed by atoms with Crippen molar-refractivity contribution in [3.05, 3.63) is 23.3 Å². The lowest BCUT2D eigenvalue weighted by atomic mass is 9.82. The lowest BCUT2D eigenvalue weighted by Gasteiger charge is -2.26. The maximum Gasteiger partial charge on any atom is 0.130 e. The van der Waals surface area contributed by atoms with Gasteiger partial charge in [0.15, 0.2) is 0 Å². The van der Waals surface area contributed by atoms with E-state index in [4.69, 9.17) is 0 Å². The van der Waals surface area contributed by atoms with Gasteiger partial charge in [0.1, 0.15) is 5.67 Å². The van der Waals surface area contributed by atoms with Gasteiger partial charge in [0.25, 0.3) is 0 Å². The van der Waals surface area contributed by atoms with Crippen molar-refractivity contribution in [3.8, 4) is 0 Å². The van der Waals surface area contributed by atoms with Crippen LogP contribution in [0.15, 0.2) is 23.3 Å². The highest BCUT2D eigenvalue weighted by atomic mass is 19.1. The first-order valence-electron chi connectivity index (χ1n) is 6.69. The van der Waals surface area contributed by atoms with Gasteiger partial charge in [0.2, 0.25) is 0 Å². The Morgan fingerprint density at radius 1 is 1.06 bits per heavy atom. The van der Waals surface area contributed by atoms with Crippen molar-refractivity contribution < 1.29 is 4.39 Å². The Hall–Kier alpha value is -0.590. The van der Waals surface area contributed by atoms with Crippen molar-refractivity contribution in [2.75, 3.05) is 0 Å². The molecule has 0 aromatic rings. The zero-order valence-corrected chi connectivity index (χ0v) is 12.8. The molecule has 0 bridgehead atoms. The van der Waals surface area contributed by atoms with Gasteiger partial charge in [-0.1, -0.05) is 46.8 Å². The highest BCUT2D eigenvalue weighted by Crippen LogP contribution is 2.33. The summed E-state index contributed by atoms with van der Waals surface area (Å²) in [6.07, 6.45) is 4.16. The summed E-state index contributed by atoms with van der Waals surface area (Å²) in [5.74, 6) is 1.42. The molecule has 17 heavy (non-hydrogen) atoms. The molecule has 0 aliphatic carbocycles. The average Bonchev–Trinajstić information content (AvgIpc) is 2.14. The monoisotopic (exact) mass is 240 g/mol. The smallest absolute Gasteiger partial charge is 0.130 e. The second-order valence-corrected chi connectivity index (χ2v) is 6.05. The molecule has 100 valence electrons. The van der Waals surface area contributed by atoms with E-state index in [9.17, 15) is 4.39 Å². The minimum atomic E-state index is -1.26. The van der Waals surface area contributed by atoms with Crippen LogP contribution in [-0.4, -0.2) is 5.67 Å². The predicted octanol–water partition coefficient (Wildman–Crippen LogP) is 5.56. The van der Waals surface area contributed by atoms with Crippen LogP contribution in [0.3, 0.4) is 0 Å². The van der Waals surface area contributed by atoms with E-state index >= 15 is 0 Å². The normalized spacial score (nSPS) is 16.9. The topological polar surface area (TPSA) is 0 Å². The molecule has 1 heteroatoms. The third kappa shape index (κ3) is 5.06. The van der Waals surface area contributed by atoms with Gasteiger partial charge in [-0.25, -0.2) is 4.39 Å². The van der Waals surface area contributed by atoms with Crippen LogP contribution in [0, 0.1) is 17.8 Å². The fourth-order valence-electron chi connectivity index (χ4n) is 1.92. The van der Waals surface area contributed by atoms with Crippen LogP contribution in [-0.2, 0) is 0 Å². The summed E-state index contributed by atoms with van der Waals surface area (Å²) in [6.45, 7) is 16.1. The number of hydrogen-bond acceptors (Lipinski definition) is 0. The van der Waals surface area contributed by atoms with Gasteiger partial charge in [-0.05, 0) is 49.7 Å². The third-order valence-electron chi connectivity index (χ3n) is 3.36. The van der Waals surface area contributed by atoms with Gasteiger partial charge < -0.3 is 0 Å². The Balaban J connectivity index is 5.39. The molecule has 0 aromatic heterocycles. The predicted molar refractivity (Wildman–Crippen MR) is 75.9 cm³/mol. The highest BCUT2D eigenvalue weighted by Gasteiger charge is 2.26. The summed E-state index contributed by atoms with van der Waals surface area (Å²) in [7, 11) is 0. The van der Waals surface area contributed by atoms with Crippen molar-refractivity contribution in [2.45, 2.75) is 61.1 Å². The van der Waals surface area contributed by atoms with Gasteiger partial charge in [0, 0.05) is 0 Å². The summed E-state index contributed by atoms with van der Waals surface area (Å²) in [5, 5.41) is 0. The van der Waals surface area contributed by atoms with Gasteiger partial charge in [-0.15, -0.1) is 0 Å². The van der Waals surface area contributed by atoms with Crippen molar-refractivity contribution in [3.63, 3.8) is 0 Å². The van der Waals surface area contributed by atoms with Crippen molar-refractivity contribution in [2.24, 2.45) is 17.8 Å². The summed E-state index contributed by atoms with van der Waals surface area (Å²) in [4.78, 5) is 0. The zero-order chi connectivity index (χ0) is 13.8. The minimum absolute atomic E-state index is 0.359. The molecule has 0 amide bonds. The van der Waals surface area contributed by atoms with E-state index in [0.717, 1.165) is 11.1 Å². The number of hydrogen-bond donors (Lipinski definition) is 0. The van der Waals surface area contributed by atoms with E-state index in [1.807, 2.05) is 13.0 Å². The van der Waals surface area contributed by atoms with Gasteiger partial charge in [-0.3, -0.25) is 0 Å². The fourth-order valence-corrected chi connectivity index (χ4v) is 1.92. The lowest BCUT2D eigenvalue weighted by molar-refractivity contribution is 0.268. The molecule has 1 atom stereocenters. The zero-order valence-electron chi connectivity index (χ0n) is 12.8. The van der Waals surface area contributed by atoms with E-state index in [1.54, 1.807) is 13.8 Å². The number of halogens is 1. The molecular formula is C16H29F. The fraction of sp³-hybridized carbons (Fsp3) is 0.750. The molecule has 0 heterocycles. The lowest BCUT2D eigenvalue weighted by Crippen LogP contribution is -2.20. The molecule has 0 radical (unpaired) electrons. The molecule has 0 saturated heterocycles. The largest absolute Gasteiger partial charge is 0.239 e. The molecule has 0 aliphatic rings. The third-order valence-corrected chi connectivity index (χ3v) is 3.36. The second-order valence-electron chi connectivity index (χ2n) is 6.05. The second kappa shape index (κ2) is 6.37. The van der Waals surface area contributed by atoms with Crippen molar-refractivity contribution >= 4 is 0 Å². The maximum absolute atomic E-state index is 14.2. The molecule has 0 aromatic carbocycles. The number of allylic oxidation sites excluding steroid dienone is 4. The first kappa shape index (κ1) is 16.4. The van der Waals surface area contributed by atoms with Crippen molar-refractivity contribution in [1.29, 1.82) is 0 Å². The van der Waals surface area contributed by atoms with Crippen molar-refractivity contribution in [1.82, 2.24) is 0 Å². The quantitative estimate of drug-likeness (QED) is 0.552. The van der Waals surface area contributed by atoms with Gasteiger partial charge in [-0.2, -0.15) is 0 Å². The van der Waals surface area contributed by atoms with E-state index in [0.29, 0.717) is 17.8 Å². The van der Waals surface area contributed by atoms with Crippen LogP contribution < -0.4 is 0 Å². The van der Waals surface area contributed by atoms with E-state index in [1.165, 1.54) is 0 Å². The Labute approximate surface area is 107 Å². The maximum atomic E-state index is 14.2. The van der Waals surface area contributed by atoms with Gasteiger partial charge in [0.05, 0.1) is 0 Å². The SMILES string of the molecule is C/C=C(\C(=C/C(C)C(C)C)C(C)C)C(C)(C)F. The summed E-state index contributed by atoms with van der Waals surface area (Å²) < 4.78 is 14.2.